The topological polar surface area (TPSA) is 59.4 Å². The van der Waals surface area contributed by atoms with E-state index in [1.165, 1.54) is 5.56 Å². The van der Waals surface area contributed by atoms with E-state index in [0.717, 1.165) is 34.4 Å². The normalized spacial score (nSPS) is 11.5. The molecule has 3 heterocycles. The van der Waals surface area contributed by atoms with Crippen LogP contribution in [0.4, 0.5) is 0 Å². The van der Waals surface area contributed by atoms with Crippen molar-refractivity contribution in [3.05, 3.63) is 53.3 Å². The van der Waals surface area contributed by atoms with E-state index >= 15 is 0 Å². The van der Waals surface area contributed by atoms with Gasteiger partial charge in [-0.3, -0.25) is 0 Å². The van der Waals surface area contributed by atoms with Crippen LogP contribution < -0.4 is 0 Å². The molecule has 0 radical (unpaired) electrons. The van der Waals surface area contributed by atoms with E-state index in [9.17, 15) is 0 Å². The Bertz CT molecular complexity index is 953. The smallest absolute Gasteiger partial charge is 0.131 e. The Hall–Kier alpha value is -2.40. The monoisotopic (exact) mass is 297 g/mol. The van der Waals surface area contributed by atoms with E-state index in [1.54, 1.807) is 12.5 Å². The van der Waals surface area contributed by atoms with Gasteiger partial charge in [-0.05, 0) is 24.6 Å². The maximum atomic E-state index is 6.00. The minimum absolute atomic E-state index is 0.478. The number of benzene rings is 1. The number of rotatable bonds is 2. The molecule has 0 aliphatic carbocycles. The Morgan fingerprint density at radius 1 is 1.19 bits per heavy atom. The minimum atomic E-state index is 0.478. The maximum Gasteiger partial charge on any atom is 0.131 e. The van der Waals surface area contributed by atoms with Gasteiger partial charge < -0.3 is 9.55 Å². The lowest BCUT2D eigenvalue weighted by atomic mass is 10.2. The number of hydrogen-bond donors (Lipinski definition) is 1. The van der Waals surface area contributed by atoms with Crippen molar-refractivity contribution in [2.45, 2.75) is 13.5 Å². The molecule has 0 atom stereocenters. The van der Waals surface area contributed by atoms with Crippen molar-refractivity contribution in [1.29, 1.82) is 0 Å². The Balaban J connectivity index is 1.82. The van der Waals surface area contributed by atoms with Crippen molar-refractivity contribution in [3.63, 3.8) is 0 Å². The fourth-order valence-electron chi connectivity index (χ4n) is 2.58. The number of halogens is 1. The largest absolute Gasteiger partial charge is 0.345 e. The van der Waals surface area contributed by atoms with Crippen LogP contribution in [-0.4, -0.2) is 24.5 Å². The third-order valence-electron chi connectivity index (χ3n) is 3.62. The Kier molecular flexibility index (Phi) is 2.68. The predicted molar refractivity (Wildman–Crippen MR) is 82.5 cm³/mol. The first-order valence-corrected chi connectivity index (χ1v) is 6.99. The molecule has 0 bridgehead atoms. The van der Waals surface area contributed by atoms with Crippen LogP contribution in [0.5, 0.6) is 0 Å². The molecule has 0 aliphatic heterocycles. The number of aromatic nitrogens is 5. The first kappa shape index (κ1) is 12.3. The standard InChI is InChI=1S/C15H12ClN5/c1-9-20-13-6-17-15(16)5-14(13)21(9)7-10-2-3-11-12(4-10)19-8-18-11/h2-6,8H,7H2,1H3,(H,18,19). The molecule has 21 heavy (non-hydrogen) atoms. The van der Waals surface area contributed by atoms with Gasteiger partial charge in [0.2, 0.25) is 0 Å². The summed E-state index contributed by atoms with van der Waals surface area (Å²) in [5.74, 6) is 0.941. The third-order valence-corrected chi connectivity index (χ3v) is 3.83. The van der Waals surface area contributed by atoms with Gasteiger partial charge in [0, 0.05) is 12.6 Å². The summed E-state index contributed by atoms with van der Waals surface area (Å²) in [6.07, 6.45) is 3.41. The van der Waals surface area contributed by atoms with E-state index in [0.29, 0.717) is 5.15 Å². The van der Waals surface area contributed by atoms with Crippen molar-refractivity contribution in [3.8, 4) is 0 Å². The van der Waals surface area contributed by atoms with Gasteiger partial charge in [-0.15, -0.1) is 0 Å². The molecule has 6 heteroatoms. The van der Waals surface area contributed by atoms with Crippen LogP contribution in [0.15, 0.2) is 36.8 Å². The van der Waals surface area contributed by atoms with Crippen LogP contribution in [0.1, 0.15) is 11.4 Å². The Labute approximate surface area is 125 Å². The molecule has 1 N–H and O–H groups in total. The van der Waals surface area contributed by atoms with Crippen molar-refractivity contribution in [2.75, 3.05) is 0 Å². The summed E-state index contributed by atoms with van der Waals surface area (Å²) < 4.78 is 2.14. The average molecular weight is 298 g/mol. The van der Waals surface area contributed by atoms with Crippen LogP contribution in [0.25, 0.3) is 22.1 Å². The third kappa shape index (κ3) is 2.06. The molecule has 0 spiro atoms. The highest BCUT2D eigenvalue weighted by Gasteiger charge is 2.09. The fourth-order valence-corrected chi connectivity index (χ4v) is 2.73. The molecule has 0 saturated heterocycles. The fraction of sp³-hybridized carbons (Fsp3) is 0.133. The van der Waals surface area contributed by atoms with Gasteiger partial charge in [0.25, 0.3) is 0 Å². The second-order valence-corrected chi connectivity index (χ2v) is 5.38. The summed E-state index contributed by atoms with van der Waals surface area (Å²) >= 11 is 6.00. The molecule has 104 valence electrons. The first-order valence-electron chi connectivity index (χ1n) is 6.61. The van der Waals surface area contributed by atoms with Crippen LogP contribution in [0.3, 0.4) is 0 Å². The summed E-state index contributed by atoms with van der Waals surface area (Å²) in [7, 11) is 0. The average Bonchev–Trinajstić information content (AvgIpc) is 3.04. The zero-order chi connectivity index (χ0) is 14.4. The van der Waals surface area contributed by atoms with Gasteiger partial charge in [-0.2, -0.15) is 0 Å². The molecule has 4 rings (SSSR count). The van der Waals surface area contributed by atoms with Crippen LogP contribution in [-0.2, 0) is 6.54 Å². The molecule has 0 fully saturated rings. The Morgan fingerprint density at radius 3 is 3.00 bits per heavy atom. The quantitative estimate of drug-likeness (QED) is 0.577. The number of pyridine rings is 1. The minimum Gasteiger partial charge on any atom is -0.345 e. The number of hydrogen-bond acceptors (Lipinski definition) is 3. The van der Waals surface area contributed by atoms with Crippen molar-refractivity contribution >= 4 is 33.7 Å². The molecule has 3 aromatic heterocycles. The highest BCUT2D eigenvalue weighted by molar-refractivity contribution is 6.29. The van der Waals surface area contributed by atoms with Gasteiger partial charge in [-0.25, -0.2) is 15.0 Å². The lowest BCUT2D eigenvalue weighted by Gasteiger charge is -2.07. The van der Waals surface area contributed by atoms with E-state index in [2.05, 4.69) is 36.6 Å². The summed E-state index contributed by atoms with van der Waals surface area (Å²) in [5.41, 5.74) is 5.03. The van der Waals surface area contributed by atoms with E-state index in [4.69, 9.17) is 11.6 Å². The molecule has 0 unspecified atom stereocenters. The van der Waals surface area contributed by atoms with Gasteiger partial charge in [-0.1, -0.05) is 17.7 Å². The highest BCUT2D eigenvalue weighted by atomic mass is 35.5. The number of fused-ring (bicyclic) bond motifs is 2. The molecule has 5 nitrogen and oxygen atoms in total. The lowest BCUT2D eigenvalue weighted by molar-refractivity contribution is 0.786. The van der Waals surface area contributed by atoms with E-state index in [-0.39, 0.29) is 0 Å². The molecular formula is C15H12ClN5. The first-order chi connectivity index (χ1) is 10.2. The number of nitrogens with zero attached hydrogens (tertiary/aromatic N) is 4. The molecule has 1 aromatic carbocycles. The molecule has 0 aliphatic rings. The molecule has 4 aromatic rings. The number of aryl methyl sites for hydroxylation is 1. The van der Waals surface area contributed by atoms with Gasteiger partial charge >= 0.3 is 0 Å². The van der Waals surface area contributed by atoms with Crippen LogP contribution in [0.2, 0.25) is 5.15 Å². The maximum absolute atomic E-state index is 6.00. The SMILES string of the molecule is Cc1nc2cnc(Cl)cc2n1Cc1ccc2[nH]cnc2c1. The van der Waals surface area contributed by atoms with Crippen molar-refractivity contribution in [1.82, 2.24) is 24.5 Å². The van der Waals surface area contributed by atoms with Crippen molar-refractivity contribution in [2.24, 2.45) is 0 Å². The number of nitrogens with one attached hydrogen (secondary N) is 1. The van der Waals surface area contributed by atoms with E-state index in [1.807, 2.05) is 19.1 Å². The highest BCUT2D eigenvalue weighted by Crippen LogP contribution is 2.21. The lowest BCUT2D eigenvalue weighted by Crippen LogP contribution is -2.02. The van der Waals surface area contributed by atoms with Crippen LogP contribution >= 0.6 is 11.6 Å². The summed E-state index contributed by atoms with van der Waals surface area (Å²) in [4.78, 5) is 16.0. The summed E-state index contributed by atoms with van der Waals surface area (Å²) in [6, 6.07) is 8.07. The zero-order valence-corrected chi connectivity index (χ0v) is 12.1. The van der Waals surface area contributed by atoms with Crippen LogP contribution in [0, 0.1) is 6.92 Å². The zero-order valence-electron chi connectivity index (χ0n) is 11.3. The second kappa shape index (κ2) is 4.56. The summed E-state index contributed by atoms with van der Waals surface area (Å²) in [6.45, 7) is 2.71. The van der Waals surface area contributed by atoms with Gasteiger partial charge in [0.15, 0.2) is 0 Å². The van der Waals surface area contributed by atoms with Crippen molar-refractivity contribution < 1.29 is 0 Å². The molecule has 0 amide bonds. The second-order valence-electron chi connectivity index (χ2n) is 4.99. The number of H-pyrrole nitrogens is 1. The predicted octanol–water partition coefficient (Wildman–Crippen LogP) is 3.32. The van der Waals surface area contributed by atoms with E-state index < -0.39 is 0 Å². The van der Waals surface area contributed by atoms with Gasteiger partial charge in [0.05, 0.1) is 29.1 Å². The summed E-state index contributed by atoms with van der Waals surface area (Å²) in [5, 5.41) is 0.478. The van der Waals surface area contributed by atoms with Gasteiger partial charge in [0.1, 0.15) is 16.5 Å². The molecular weight excluding hydrogens is 286 g/mol. The number of imidazole rings is 2. The number of aromatic amines is 1. The molecule has 0 saturated carbocycles. The Morgan fingerprint density at radius 2 is 2.10 bits per heavy atom.